The summed E-state index contributed by atoms with van der Waals surface area (Å²) < 4.78 is 29.6. The van der Waals surface area contributed by atoms with E-state index >= 15 is 0 Å². The highest BCUT2D eigenvalue weighted by atomic mass is 16.6. The number of esters is 6. The Bertz CT molecular complexity index is 1020. The van der Waals surface area contributed by atoms with Crippen LogP contribution < -0.4 is 0 Å². The Morgan fingerprint density at radius 2 is 0.842 bits per heavy atom. The molecule has 1 aromatic carbocycles. The van der Waals surface area contributed by atoms with E-state index in [9.17, 15) is 28.8 Å². The third kappa shape index (κ3) is 11.5. The van der Waals surface area contributed by atoms with E-state index in [1.165, 1.54) is 13.8 Å². The van der Waals surface area contributed by atoms with Gasteiger partial charge in [-0.05, 0) is 32.0 Å². The maximum absolute atomic E-state index is 12.5. The van der Waals surface area contributed by atoms with Gasteiger partial charge in [0.25, 0.3) is 0 Å². The van der Waals surface area contributed by atoms with Crippen LogP contribution in [0.15, 0.2) is 42.5 Å². The molecule has 0 saturated carbocycles. The van der Waals surface area contributed by atoms with Crippen LogP contribution in [0.3, 0.4) is 0 Å². The highest BCUT2D eigenvalue weighted by molar-refractivity contribution is 6.00. The summed E-state index contributed by atoms with van der Waals surface area (Å²) in [5, 5.41) is 0. The summed E-state index contributed by atoms with van der Waals surface area (Å²) >= 11 is 0. The molecule has 0 N–H and O–H groups in total. The van der Waals surface area contributed by atoms with Crippen molar-refractivity contribution in [3.05, 3.63) is 59.2 Å². The Morgan fingerprint density at radius 1 is 0.553 bits per heavy atom. The number of benzene rings is 1. The smallest absolute Gasteiger partial charge is 0.338 e. The molecule has 0 aliphatic heterocycles. The molecule has 206 valence electrons. The lowest BCUT2D eigenvalue weighted by Crippen LogP contribution is -2.18. The van der Waals surface area contributed by atoms with E-state index in [4.69, 9.17) is 28.4 Å². The van der Waals surface area contributed by atoms with Crippen LogP contribution in [0, 0.1) is 0 Å². The molecule has 0 heterocycles. The van der Waals surface area contributed by atoms with Crippen LogP contribution in [0.4, 0.5) is 0 Å². The molecule has 0 aliphatic rings. The molecule has 0 spiro atoms. The molecule has 0 bridgehead atoms. The average Bonchev–Trinajstić information content (AvgIpc) is 2.89. The lowest BCUT2D eigenvalue weighted by molar-refractivity contribution is -0.144. The molecule has 0 atom stereocenters. The third-order valence-corrected chi connectivity index (χ3v) is 4.30. The van der Waals surface area contributed by atoms with Gasteiger partial charge in [0.15, 0.2) is 0 Å². The Morgan fingerprint density at radius 3 is 1.13 bits per heavy atom. The zero-order chi connectivity index (χ0) is 28.7. The SMILES string of the molecule is C=C(C)C(=O)OCCOC(=O)c1cc(C(=O)OCCOC(=O)CC)cc(C(=O)OCCOC(=O)C(=C)C)c1. The summed E-state index contributed by atoms with van der Waals surface area (Å²) in [5.74, 6) is -4.55. The highest BCUT2D eigenvalue weighted by Crippen LogP contribution is 2.15. The van der Waals surface area contributed by atoms with Gasteiger partial charge in [0.05, 0.1) is 16.7 Å². The molecule has 12 heteroatoms. The van der Waals surface area contributed by atoms with Crippen molar-refractivity contribution in [3.8, 4) is 0 Å². The second-order valence-corrected chi connectivity index (χ2v) is 7.61. The van der Waals surface area contributed by atoms with Crippen molar-refractivity contribution in [3.63, 3.8) is 0 Å². The molecule has 1 rings (SSSR count). The first-order chi connectivity index (χ1) is 18.0. The molecule has 0 aromatic heterocycles. The normalized spacial score (nSPS) is 9.97. The van der Waals surface area contributed by atoms with E-state index in [-0.39, 0.29) is 73.9 Å². The standard InChI is InChI=1S/C26H30O12/c1-6-21(27)33-7-8-36-24(30)18-13-19(25(31)37-11-9-34-22(28)16(2)3)15-20(14-18)26(32)38-12-10-35-23(29)17(4)5/h13-15H,2,4,6-12H2,1,3,5H3. The molecule has 38 heavy (non-hydrogen) atoms. The zero-order valence-corrected chi connectivity index (χ0v) is 21.5. The maximum atomic E-state index is 12.5. The van der Waals surface area contributed by atoms with Gasteiger partial charge >= 0.3 is 35.8 Å². The van der Waals surface area contributed by atoms with E-state index in [1.807, 2.05) is 0 Å². The van der Waals surface area contributed by atoms with Gasteiger partial charge < -0.3 is 28.4 Å². The van der Waals surface area contributed by atoms with Crippen LogP contribution in [0.2, 0.25) is 0 Å². The van der Waals surface area contributed by atoms with Crippen LogP contribution in [0.1, 0.15) is 58.3 Å². The van der Waals surface area contributed by atoms with Gasteiger partial charge in [-0.25, -0.2) is 24.0 Å². The first-order valence-electron chi connectivity index (χ1n) is 11.4. The number of hydrogen-bond acceptors (Lipinski definition) is 12. The van der Waals surface area contributed by atoms with E-state index in [0.717, 1.165) is 18.2 Å². The van der Waals surface area contributed by atoms with Gasteiger partial charge in [0, 0.05) is 17.6 Å². The van der Waals surface area contributed by atoms with E-state index < -0.39 is 35.8 Å². The second-order valence-electron chi connectivity index (χ2n) is 7.61. The van der Waals surface area contributed by atoms with Gasteiger partial charge in [0.1, 0.15) is 39.6 Å². The van der Waals surface area contributed by atoms with Crippen LogP contribution in [0.25, 0.3) is 0 Å². The molecule has 12 nitrogen and oxygen atoms in total. The van der Waals surface area contributed by atoms with Crippen molar-refractivity contribution < 1.29 is 57.2 Å². The molecule has 0 aliphatic carbocycles. The van der Waals surface area contributed by atoms with Gasteiger partial charge in [-0.3, -0.25) is 4.79 Å². The topological polar surface area (TPSA) is 158 Å². The molecular formula is C26H30O12. The van der Waals surface area contributed by atoms with Gasteiger partial charge in [0.2, 0.25) is 0 Å². The van der Waals surface area contributed by atoms with Crippen molar-refractivity contribution in [1.29, 1.82) is 0 Å². The van der Waals surface area contributed by atoms with Gasteiger partial charge in [-0.2, -0.15) is 0 Å². The van der Waals surface area contributed by atoms with E-state index in [1.54, 1.807) is 6.92 Å². The molecule has 0 saturated heterocycles. The van der Waals surface area contributed by atoms with Crippen LogP contribution in [0.5, 0.6) is 0 Å². The number of carbonyl (C=O) groups excluding carboxylic acids is 6. The summed E-state index contributed by atoms with van der Waals surface area (Å²) in [6.07, 6.45) is 0.155. The lowest BCUT2D eigenvalue weighted by atomic mass is 10.1. The fourth-order valence-electron chi connectivity index (χ4n) is 2.41. The summed E-state index contributed by atoms with van der Waals surface area (Å²) in [7, 11) is 0. The predicted molar refractivity (Wildman–Crippen MR) is 130 cm³/mol. The molecule has 0 unspecified atom stereocenters. The fraction of sp³-hybridized carbons (Fsp3) is 0.385. The summed E-state index contributed by atoms with van der Waals surface area (Å²) in [6.45, 7) is 9.84. The van der Waals surface area contributed by atoms with Crippen molar-refractivity contribution in [2.45, 2.75) is 27.2 Å². The largest absolute Gasteiger partial charge is 0.462 e. The Hall–Kier alpha value is -4.48. The van der Waals surface area contributed by atoms with E-state index in [2.05, 4.69) is 13.2 Å². The summed E-state index contributed by atoms with van der Waals surface area (Å²) in [4.78, 5) is 71.6. The van der Waals surface area contributed by atoms with Crippen molar-refractivity contribution in [1.82, 2.24) is 0 Å². The van der Waals surface area contributed by atoms with Crippen LogP contribution in [-0.4, -0.2) is 75.5 Å². The monoisotopic (exact) mass is 534 g/mol. The number of carbonyl (C=O) groups is 6. The Balaban J connectivity index is 2.93. The van der Waals surface area contributed by atoms with Crippen LogP contribution >= 0.6 is 0 Å². The van der Waals surface area contributed by atoms with Gasteiger partial charge in [-0.1, -0.05) is 20.1 Å². The quantitative estimate of drug-likeness (QED) is 0.140. The van der Waals surface area contributed by atoms with Crippen molar-refractivity contribution >= 4 is 35.8 Å². The van der Waals surface area contributed by atoms with Crippen molar-refractivity contribution in [2.24, 2.45) is 0 Å². The molecule has 0 amide bonds. The lowest BCUT2D eigenvalue weighted by Gasteiger charge is -2.11. The maximum Gasteiger partial charge on any atom is 0.338 e. The average molecular weight is 535 g/mol. The minimum atomic E-state index is -0.924. The Labute approximate surface area is 219 Å². The predicted octanol–water partition coefficient (Wildman–Crippen LogP) is 2.35. The number of rotatable bonds is 15. The number of hydrogen-bond donors (Lipinski definition) is 0. The van der Waals surface area contributed by atoms with E-state index in [0.29, 0.717) is 0 Å². The number of ether oxygens (including phenoxy) is 6. The summed E-state index contributed by atoms with van der Waals surface area (Å²) in [5.41, 5.74) is -0.225. The van der Waals surface area contributed by atoms with Crippen LogP contribution in [-0.2, 0) is 42.8 Å². The van der Waals surface area contributed by atoms with Gasteiger partial charge in [-0.15, -0.1) is 0 Å². The first kappa shape index (κ1) is 31.5. The highest BCUT2D eigenvalue weighted by Gasteiger charge is 2.19. The third-order valence-electron chi connectivity index (χ3n) is 4.30. The second kappa shape index (κ2) is 16.3. The summed E-state index contributed by atoms with van der Waals surface area (Å²) in [6, 6.07) is 3.40. The molecule has 1 aromatic rings. The Kier molecular flexibility index (Phi) is 13.5. The fourth-order valence-corrected chi connectivity index (χ4v) is 2.41. The molecular weight excluding hydrogens is 504 g/mol. The van der Waals surface area contributed by atoms with Crippen molar-refractivity contribution in [2.75, 3.05) is 39.6 Å². The molecule has 0 radical (unpaired) electrons. The minimum absolute atomic E-state index is 0.155. The minimum Gasteiger partial charge on any atom is -0.462 e. The molecule has 0 fully saturated rings. The zero-order valence-electron chi connectivity index (χ0n) is 21.5. The first-order valence-corrected chi connectivity index (χ1v) is 11.4.